The Bertz CT molecular complexity index is 7170. The van der Waals surface area contributed by atoms with Gasteiger partial charge in [-0.3, -0.25) is 0 Å². The Morgan fingerprint density at radius 2 is 0.620 bits per heavy atom. The molecule has 11 aromatic carbocycles. The minimum atomic E-state index is -0.389. The predicted molar refractivity (Wildman–Crippen MR) is 523 cm³/mol. The van der Waals surface area contributed by atoms with Gasteiger partial charge in [-0.25, -0.2) is 75.5 Å². The largest absolute Gasteiger partial charge is 0.569 e. The average Bonchev–Trinajstić information content (AvgIpc) is 1.66. The van der Waals surface area contributed by atoms with Crippen LogP contribution < -0.4 is 54.8 Å². The van der Waals surface area contributed by atoms with Crippen LogP contribution in [-0.4, -0.2) is 134 Å². The van der Waals surface area contributed by atoms with Crippen LogP contribution in [0.25, 0.3) is 56.4 Å². The van der Waals surface area contributed by atoms with E-state index in [2.05, 4.69) is 68.7 Å². The summed E-state index contributed by atoms with van der Waals surface area (Å²) in [6, 6.07) is 81.9. The molecule has 0 fully saturated rings. The molecule has 0 spiro atoms. The van der Waals surface area contributed by atoms with Crippen LogP contribution in [0.2, 0.25) is 0 Å². The van der Waals surface area contributed by atoms with Crippen molar-refractivity contribution in [1.29, 1.82) is 0 Å². The number of hydrogen-bond acceptors (Lipinski definition) is 24. The Hall–Kier alpha value is -16.4. The molecule has 6 N–H and O–H groups in total. The van der Waals surface area contributed by atoms with Gasteiger partial charge in [0.05, 0.1) is 82.5 Å². The highest BCUT2D eigenvalue weighted by Crippen LogP contribution is 2.35. The number of nitrogen functional groups attached to an aromatic ring is 1. The molecule has 0 aliphatic carbocycles. The summed E-state index contributed by atoms with van der Waals surface area (Å²) in [5, 5.41) is 37.1. The van der Waals surface area contributed by atoms with Gasteiger partial charge in [-0.15, -0.1) is 0 Å². The first-order valence-electron chi connectivity index (χ1n) is 43.3. The Kier molecular flexibility index (Phi) is 31.2. The van der Waals surface area contributed by atoms with E-state index < -0.39 is 0 Å². The van der Waals surface area contributed by atoms with Gasteiger partial charge in [0.2, 0.25) is 0 Å². The molecule has 34 heteroatoms. The first-order chi connectivity index (χ1) is 66.6. The van der Waals surface area contributed by atoms with Crippen molar-refractivity contribution >= 4 is 69.5 Å². The van der Waals surface area contributed by atoms with Crippen LogP contribution in [0.15, 0.2) is 278 Å². The highest BCUT2D eigenvalue weighted by Gasteiger charge is 2.24. The number of halogens is 5. The first-order valence-corrected chi connectivity index (χ1v) is 44.1. The van der Waals surface area contributed by atoms with E-state index in [1.54, 1.807) is 80.5 Å². The summed E-state index contributed by atoms with van der Waals surface area (Å²) in [6.45, 7) is 9.05. The molecule has 137 heavy (non-hydrogen) atoms. The van der Waals surface area contributed by atoms with E-state index in [0.29, 0.717) is 167 Å². The number of nitrogens with two attached hydrogens (primary N) is 1. The van der Waals surface area contributed by atoms with E-state index in [1.807, 2.05) is 208 Å². The van der Waals surface area contributed by atoms with Crippen molar-refractivity contribution in [1.82, 2.24) is 78.3 Å². The summed E-state index contributed by atoms with van der Waals surface area (Å²) >= 11 is 3.54. The van der Waals surface area contributed by atoms with Crippen LogP contribution in [0.1, 0.15) is 85.0 Å². The van der Waals surface area contributed by atoms with Gasteiger partial charge in [-0.1, -0.05) is 164 Å². The lowest BCUT2D eigenvalue weighted by atomic mass is 10.1. The average molecular weight is 1910 g/mol. The molecule has 0 aliphatic heterocycles. The number of nitrogens with one attached hydrogen (secondary N) is 3. The fourth-order valence-electron chi connectivity index (χ4n) is 15.0. The number of benzene rings is 11. The highest BCUT2D eigenvalue weighted by molar-refractivity contribution is 9.10. The molecule has 0 unspecified atom stereocenters. The Balaban J connectivity index is 0.000000135. The van der Waals surface area contributed by atoms with Crippen molar-refractivity contribution in [3.05, 3.63) is 386 Å². The number of methoxy groups -OCH3 is 6. The fraction of sp³-hybridized carbons (Fsp3) is 0.165. The van der Waals surface area contributed by atoms with Crippen LogP contribution in [0.3, 0.4) is 0 Å². The van der Waals surface area contributed by atoms with Gasteiger partial charge in [0, 0.05) is 103 Å². The molecule has 0 amide bonds. The number of ether oxygens (including phenoxy) is 6. The molecule has 0 bridgehead atoms. The number of aryl methyl sites for hydroxylation is 4. The van der Waals surface area contributed by atoms with E-state index >= 15 is 0 Å². The van der Waals surface area contributed by atoms with E-state index in [-0.39, 0.29) is 34.8 Å². The molecule has 0 saturated heterocycles. The second-order valence-corrected chi connectivity index (χ2v) is 31.8. The molecule has 1 radical (unpaired) electrons. The molecule has 28 nitrogen and oxygen atoms in total. The monoisotopic (exact) mass is 1910 g/mol. The number of hydrogen-bond donors (Lipinski definition) is 5. The molecule has 8 aromatic heterocycles. The zero-order chi connectivity index (χ0) is 96.0. The summed E-state index contributed by atoms with van der Waals surface area (Å²) in [4.78, 5) is 37.7. The van der Waals surface area contributed by atoms with Gasteiger partial charge in [0.15, 0.2) is 69.2 Å². The van der Waals surface area contributed by atoms with E-state index in [9.17, 15) is 17.6 Å². The minimum absolute atomic E-state index is 0.275. The Morgan fingerprint density at radius 3 is 0.934 bits per heavy atom. The zero-order valence-electron chi connectivity index (χ0n) is 76.4. The number of anilines is 4. The lowest BCUT2D eigenvalue weighted by Crippen LogP contribution is -2.09. The standard InChI is InChI=1S/2C28H26FN5O2.C22H22BrN5O2.C19H16FN5.C6H5BFO2/c2*1-18-26(20-10-7-11-22(29)15-20)32-27(30-17-21-12-13-23(35-2)16-24(21)36-3)28-31-25(33-34(18)28)14-19-8-5-4-6-9-19;1-14-20(23)26-21(24-13-16-9-10-17(29-2)12-18(16)30-3)22-25-19(27-28(14)22)11-15-7-5-4-6-8-15;1-12-17(14-8-5-9-15(20)11-14)23-18(21)19-22-16(24-25(12)19)10-13-6-3-2-4-7-13;8-5-2-1-3-6(4-5)10-7-9/h2*4-13,15-16H,14,17H2,1-3H3,(H,30,32);4-10,12H,11,13H2,1-3H3,(H,24,26);2-9,11H,10H2,1H3,(H2,21,23);1-4,9H. The van der Waals surface area contributed by atoms with Crippen molar-refractivity contribution in [3.8, 4) is 74.0 Å². The van der Waals surface area contributed by atoms with Crippen LogP contribution in [0, 0.1) is 51.0 Å². The van der Waals surface area contributed by atoms with Gasteiger partial charge in [0.1, 0.15) is 68.1 Å². The molecular weight excluding hydrogens is 1810 g/mol. The van der Waals surface area contributed by atoms with Gasteiger partial charge in [-0.2, -0.15) is 20.4 Å². The predicted octanol–water partition coefficient (Wildman–Crippen LogP) is 19.5. The molecular formula is C103H95BBrF4N20O8. The minimum Gasteiger partial charge on any atom is -0.537 e. The maximum atomic E-state index is 14.1. The van der Waals surface area contributed by atoms with Gasteiger partial charge < -0.3 is 59.8 Å². The van der Waals surface area contributed by atoms with Crippen LogP contribution in [0.4, 0.5) is 40.8 Å². The first kappa shape index (κ1) is 95.3. The Labute approximate surface area is 796 Å². The maximum Gasteiger partial charge on any atom is 0.569 e. The van der Waals surface area contributed by atoms with E-state index in [1.165, 1.54) is 60.7 Å². The van der Waals surface area contributed by atoms with Crippen molar-refractivity contribution < 1.29 is 55.7 Å². The van der Waals surface area contributed by atoms with Gasteiger partial charge >= 0.3 is 7.69 Å². The second-order valence-electron chi connectivity index (χ2n) is 31.1. The van der Waals surface area contributed by atoms with Crippen LogP contribution in [0.5, 0.6) is 40.2 Å². The van der Waals surface area contributed by atoms with Crippen molar-refractivity contribution in [2.45, 2.75) is 73.0 Å². The van der Waals surface area contributed by atoms with Crippen LogP contribution in [-0.2, 0) is 45.3 Å². The highest BCUT2D eigenvalue weighted by atomic mass is 79.9. The SMILES string of the molecule is COc1ccc(CNc2nc(-c3cccc(F)c3)c(C)n3nc(Cc4ccccc4)nc23)c(OC)c1.COc1ccc(CNc2nc(-c3cccc(F)c3)c(C)n3nc(Cc4ccccc4)nc23)c(OC)c1.COc1ccc(CNc2nc(Br)c(C)n3nc(Cc4ccccc4)nc23)c(OC)c1.Cc1c(-c2cccc(F)c2)nc(N)c2nc(Cc3ccccc3)nn12.O[B]Oc1cccc(F)c1. The molecule has 0 aliphatic rings. The number of nitrogens with zero attached hydrogens (tertiary/aromatic N) is 16. The van der Waals surface area contributed by atoms with Crippen molar-refractivity contribution in [3.63, 3.8) is 0 Å². The molecule has 0 atom stereocenters. The summed E-state index contributed by atoms with van der Waals surface area (Å²) in [5.41, 5.74) is 22.9. The maximum absolute atomic E-state index is 14.1. The third-order valence-electron chi connectivity index (χ3n) is 21.9. The van der Waals surface area contributed by atoms with E-state index in [0.717, 1.165) is 83.6 Å². The number of rotatable bonds is 28. The lowest BCUT2D eigenvalue weighted by molar-refractivity contribution is 0.391. The Morgan fingerprint density at radius 1 is 0.321 bits per heavy atom. The van der Waals surface area contributed by atoms with Gasteiger partial charge in [0.25, 0.3) is 0 Å². The zero-order valence-corrected chi connectivity index (χ0v) is 78.0. The molecule has 693 valence electrons. The summed E-state index contributed by atoms with van der Waals surface area (Å²) in [5.74, 6) is 8.00. The van der Waals surface area contributed by atoms with Crippen LogP contribution >= 0.6 is 15.9 Å². The summed E-state index contributed by atoms with van der Waals surface area (Å²) in [6.07, 6.45) is 2.44. The van der Waals surface area contributed by atoms with Gasteiger partial charge in [-0.05, 0) is 151 Å². The third kappa shape index (κ3) is 23.6. The second kappa shape index (κ2) is 44.9. The van der Waals surface area contributed by atoms with Crippen molar-refractivity contribution in [2.24, 2.45) is 0 Å². The fourth-order valence-corrected chi connectivity index (χ4v) is 15.3. The number of aromatic nitrogens is 16. The smallest absolute Gasteiger partial charge is 0.537 e. The molecule has 8 heterocycles. The lowest BCUT2D eigenvalue weighted by Gasteiger charge is -2.14. The number of fused-ring (bicyclic) bond motifs is 4. The third-order valence-corrected chi connectivity index (χ3v) is 22.6. The summed E-state index contributed by atoms with van der Waals surface area (Å²) in [7, 11) is 10.3. The molecule has 19 aromatic rings. The normalized spacial score (nSPS) is 10.9. The molecule has 0 saturated carbocycles. The van der Waals surface area contributed by atoms with E-state index in [4.69, 9.17) is 79.4 Å². The summed E-state index contributed by atoms with van der Waals surface area (Å²) < 4.78 is 98.7. The molecule has 19 rings (SSSR count). The topological polar surface area (TPSA) is 319 Å². The van der Waals surface area contributed by atoms with Crippen molar-refractivity contribution in [2.75, 3.05) is 64.3 Å². The quantitative estimate of drug-likeness (QED) is 0.0225.